The van der Waals surface area contributed by atoms with E-state index in [9.17, 15) is 4.79 Å². The monoisotopic (exact) mass is 345 g/mol. The summed E-state index contributed by atoms with van der Waals surface area (Å²) in [7, 11) is 0. The van der Waals surface area contributed by atoms with Gasteiger partial charge in [0, 0.05) is 22.7 Å². The highest BCUT2D eigenvalue weighted by atomic mass is 32.2. The Hall–Kier alpha value is -1.26. The second kappa shape index (κ2) is 8.02. The minimum absolute atomic E-state index is 0.161. The van der Waals surface area contributed by atoms with Crippen LogP contribution in [0.1, 0.15) is 52.4 Å². The molecule has 1 aromatic carbocycles. The SMILES string of the molecule is CCCCCc1ccc(C(=O)N2CCS[C@@H]2c2cccs2)cc1. The van der Waals surface area contributed by atoms with Gasteiger partial charge in [0.1, 0.15) is 5.37 Å². The maximum Gasteiger partial charge on any atom is 0.255 e. The molecule has 0 saturated carbocycles. The maximum absolute atomic E-state index is 12.8. The molecule has 4 heteroatoms. The Kier molecular flexibility index (Phi) is 5.79. The van der Waals surface area contributed by atoms with E-state index in [0.717, 1.165) is 24.3 Å². The molecule has 0 bridgehead atoms. The highest BCUT2D eigenvalue weighted by Crippen LogP contribution is 2.40. The van der Waals surface area contributed by atoms with Crippen molar-refractivity contribution in [2.75, 3.05) is 12.3 Å². The van der Waals surface area contributed by atoms with Crippen LogP contribution >= 0.6 is 23.1 Å². The lowest BCUT2D eigenvalue weighted by atomic mass is 10.0. The van der Waals surface area contributed by atoms with Crippen molar-refractivity contribution < 1.29 is 4.79 Å². The first-order valence-corrected chi connectivity index (χ1v) is 10.3. The van der Waals surface area contributed by atoms with Crippen molar-refractivity contribution >= 4 is 29.0 Å². The molecule has 0 radical (unpaired) electrons. The van der Waals surface area contributed by atoms with E-state index in [2.05, 4.69) is 36.6 Å². The lowest BCUT2D eigenvalue weighted by molar-refractivity contribution is 0.0762. The first-order chi connectivity index (χ1) is 11.3. The lowest BCUT2D eigenvalue weighted by Crippen LogP contribution is -2.30. The van der Waals surface area contributed by atoms with Gasteiger partial charge in [0.05, 0.1) is 0 Å². The average molecular weight is 346 g/mol. The number of unbranched alkanes of at least 4 members (excludes halogenated alkanes) is 2. The van der Waals surface area contributed by atoms with Crippen LogP contribution in [-0.2, 0) is 6.42 Å². The van der Waals surface area contributed by atoms with E-state index in [1.807, 2.05) is 28.8 Å². The van der Waals surface area contributed by atoms with Crippen LogP contribution in [0.2, 0.25) is 0 Å². The van der Waals surface area contributed by atoms with Crippen LogP contribution in [0.15, 0.2) is 41.8 Å². The Morgan fingerprint density at radius 2 is 2.04 bits per heavy atom. The van der Waals surface area contributed by atoms with E-state index in [1.165, 1.54) is 29.7 Å². The zero-order valence-corrected chi connectivity index (χ0v) is 15.2. The van der Waals surface area contributed by atoms with Gasteiger partial charge in [-0.25, -0.2) is 0 Å². The number of carbonyl (C=O) groups excluding carboxylic acids is 1. The molecule has 1 amide bonds. The summed E-state index contributed by atoms with van der Waals surface area (Å²) < 4.78 is 0. The van der Waals surface area contributed by atoms with Gasteiger partial charge in [-0.3, -0.25) is 4.79 Å². The summed E-state index contributed by atoms with van der Waals surface area (Å²) in [6, 6.07) is 12.4. The third-order valence-corrected chi connectivity index (χ3v) is 6.52. The van der Waals surface area contributed by atoms with Crippen molar-refractivity contribution in [2.45, 2.75) is 38.0 Å². The summed E-state index contributed by atoms with van der Waals surface area (Å²) >= 11 is 3.60. The van der Waals surface area contributed by atoms with Crippen LogP contribution in [0.25, 0.3) is 0 Å². The molecule has 1 aliphatic heterocycles. The fraction of sp³-hybridized carbons (Fsp3) is 0.421. The fourth-order valence-electron chi connectivity index (χ4n) is 2.90. The predicted octanol–water partition coefficient (Wildman–Crippen LogP) is 5.37. The van der Waals surface area contributed by atoms with E-state index in [-0.39, 0.29) is 11.3 Å². The summed E-state index contributed by atoms with van der Waals surface area (Å²) in [4.78, 5) is 16.1. The van der Waals surface area contributed by atoms with Crippen LogP contribution in [0.3, 0.4) is 0 Å². The molecule has 3 rings (SSSR count). The molecule has 1 atom stereocenters. The van der Waals surface area contributed by atoms with E-state index in [4.69, 9.17) is 0 Å². The number of rotatable bonds is 6. The standard InChI is InChI=1S/C19H23NOS2/c1-2-3-4-6-15-8-10-16(11-9-15)18(21)20-12-14-23-19(20)17-7-5-13-22-17/h5,7-11,13,19H,2-4,6,12,14H2,1H3/t19-/m1/s1. The van der Waals surface area contributed by atoms with Crippen LogP contribution < -0.4 is 0 Å². The van der Waals surface area contributed by atoms with Crippen molar-refractivity contribution in [1.82, 2.24) is 4.90 Å². The molecular formula is C19H23NOS2. The number of aryl methyl sites for hydroxylation is 1. The summed E-state index contributed by atoms with van der Waals surface area (Å²) in [5.41, 5.74) is 2.15. The average Bonchev–Trinajstić information content (AvgIpc) is 3.26. The van der Waals surface area contributed by atoms with Gasteiger partial charge < -0.3 is 4.90 Å². The van der Waals surface area contributed by atoms with Gasteiger partial charge in [0.2, 0.25) is 0 Å². The van der Waals surface area contributed by atoms with Crippen molar-refractivity contribution in [2.24, 2.45) is 0 Å². The topological polar surface area (TPSA) is 20.3 Å². The van der Waals surface area contributed by atoms with Gasteiger partial charge in [0.25, 0.3) is 5.91 Å². The van der Waals surface area contributed by atoms with Gasteiger partial charge >= 0.3 is 0 Å². The molecular weight excluding hydrogens is 322 g/mol. The van der Waals surface area contributed by atoms with Crippen LogP contribution in [0.5, 0.6) is 0 Å². The van der Waals surface area contributed by atoms with E-state index < -0.39 is 0 Å². The second-order valence-electron chi connectivity index (χ2n) is 5.89. The van der Waals surface area contributed by atoms with Gasteiger partial charge in [-0.15, -0.1) is 23.1 Å². The third kappa shape index (κ3) is 3.99. The first-order valence-electron chi connectivity index (χ1n) is 8.34. The first kappa shape index (κ1) is 16.6. The highest BCUT2D eigenvalue weighted by Gasteiger charge is 2.31. The number of benzene rings is 1. The van der Waals surface area contributed by atoms with Crippen LogP contribution in [0, 0.1) is 0 Å². The lowest BCUT2D eigenvalue weighted by Gasteiger charge is -2.23. The third-order valence-electron chi connectivity index (χ3n) is 4.21. The van der Waals surface area contributed by atoms with Gasteiger partial charge in [-0.1, -0.05) is 38.0 Å². The zero-order valence-electron chi connectivity index (χ0n) is 13.5. The Bertz CT molecular complexity index is 621. The molecule has 23 heavy (non-hydrogen) atoms. The minimum Gasteiger partial charge on any atom is -0.321 e. The maximum atomic E-state index is 12.8. The fourth-order valence-corrected chi connectivity index (χ4v) is 5.14. The quantitative estimate of drug-likeness (QED) is 0.656. The van der Waals surface area contributed by atoms with Gasteiger partial charge in [0.15, 0.2) is 0 Å². The van der Waals surface area contributed by atoms with E-state index >= 15 is 0 Å². The van der Waals surface area contributed by atoms with Crippen molar-refractivity contribution in [3.8, 4) is 0 Å². The largest absolute Gasteiger partial charge is 0.321 e. The number of hydrogen-bond donors (Lipinski definition) is 0. The zero-order chi connectivity index (χ0) is 16.1. The molecule has 0 aliphatic carbocycles. The number of carbonyl (C=O) groups is 1. The Balaban J connectivity index is 1.67. The molecule has 122 valence electrons. The number of amides is 1. The molecule has 0 unspecified atom stereocenters. The Morgan fingerprint density at radius 1 is 1.22 bits per heavy atom. The molecule has 0 spiro atoms. The van der Waals surface area contributed by atoms with E-state index in [0.29, 0.717) is 0 Å². The molecule has 1 aromatic heterocycles. The van der Waals surface area contributed by atoms with Crippen LogP contribution in [-0.4, -0.2) is 23.1 Å². The smallest absolute Gasteiger partial charge is 0.255 e. The summed E-state index contributed by atoms with van der Waals surface area (Å²) in [5, 5.41) is 2.27. The highest BCUT2D eigenvalue weighted by molar-refractivity contribution is 7.99. The molecule has 2 nitrogen and oxygen atoms in total. The molecule has 2 heterocycles. The second-order valence-corrected chi connectivity index (χ2v) is 8.06. The molecule has 1 saturated heterocycles. The van der Waals surface area contributed by atoms with Crippen LogP contribution in [0.4, 0.5) is 0 Å². The predicted molar refractivity (Wildman–Crippen MR) is 100 cm³/mol. The van der Waals surface area contributed by atoms with Gasteiger partial charge in [-0.2, -0.15) is 0 Å². The Morgan fingerprint density at radius 3 is 2.74 bits per heavy atom. The summed E-state index contributed by atoms with van der Waals surface area (Å²) in [6.45, 7) is 3.06. The molecule has 2 aromatic rings. The van der Waals surface area contributed by atoms with Gasteiger partial charge in [-0.05, 0) is 42.0 Å². The number of hydrogen-bond acceptors (Lipinski definition) is 3. The number of nitrogens with zero attached hydrogens (tertiary/aromatic N) is 1. The van der Waals surface area contributed by atoms with Crippen molar-refractivity contribution in [3.63, 3.8) is 0 Å². The normalized spacial score (nSPS) is 17.6. The van der Waals surface area contributed by atoms with Crippen molar-refractivity contribution in [1.29, 1.82) is 0 Å². The van der Waals surface area contributed by atoms with Crippen molar-refractivity contribution in [3.05, 3.63) is 57.8 Å². The molecule has 1 fully saturated rings. The number of thiophene rings is 1. The number of thioether (sulfide) groups is 1. The van der Waals surface area contributed by atoms with E-state index in [1.54, 1.807) is 11.3 Å². The Labute approximate surface area is 146 Å². The molecule has 1 aliphatic rings. The minimum atomic E-state index is 0.161. The molecule has 0 N–H and O–H groups in total. The summed E-state index contributed by atoms with van der Waals surface area (Å²) in [5.74, 6) is 1.18. The summed E-state index contributed by atoms with van der Waals surface area (Å²) in [6.07, 6.45) is 4.86.